The maximum absolute atomic E-state index is 10.7. The molecule has 0 heterocycles. The maximum atomic E-state index is 10.7. The molecule has 4 rings (SSSR count). The third kappa shape index (κ3) is 2.45. The molecule has 9 atom stereocenters. The quantitative estimate of drug-likeness (QED) is 0.693. The molecule has 4 fully saturated rings. The number of hydrogen-bond acceptors (Lipinski definition) is 2. The van der Waals surface area contributed by atoms with Crippen molar-refractivity contribution in [3.8, 4) is 12.3 Å². The fourth-order valence-electron chi connectivity index (χ4n) is 8.21. The van der Waals surface area contributed by atoms with E-state index in [2.05, 4.69) is 19.8 Å². The molecule has 140 valence electrons. The van der Waals surface area contributed by atoms with Crippen LogP contribution in [0.5, 0.6) is 0 Å². The van der Waals surface area contributed by atoms with E-state index < -0.39 is 5.60 Å². The van der Waals surface area contributed by atoms with Crippen LogP contribution in [-0.4, -0.2) is 21.9 Å². The van der Waals surface area contributed by atoms with E-state index in [1.165, 1.54) is 38.5 Å². The van der Waals surface area contributed by atoms with Crippen LogP contribution >= 0.6 is 0 Å². The molecule has 0 aliphatic heterocycles. The Morgan fingerprint density at radius 1 is 0.960 bits per heavy atom. The number of aliphatic hydroxyl groups is 2. The van der Waals surface area contributed by atoms with Gasteiger partial charge in [0, 0.05) is 0 Å². The molecular weight excluding hydrogens is 308 g/mol. The molecule has 0 bridgehead atoms. The van der Waals surface area contributed by atoms with Crippen LogP contribution in [0.4, 0.5) is 0 Å². The van der Waals surface area contributed by atoms with Crippen molar-refractivity contribution in [1.29, 1.82) is 0 Å². The molecule has 0 unspecified atom stereocenters. The van der Waals surface area contributed by atoms with Crippen molar-refractivity contribution < 1.29 is 10.2 Å². The summed E-state index contributed by atoms with van der Waals surface area (Å²) in [6.07, 6.45) is 15.8. The summed E-state index contributed by atoms with van der Waals surface area (Å²) in [5.41, 5.74) is -0.159. The molecule has 2 nitrogen and oxygen atoms in total. The zero-order valence-electron chi connectivity index (χ0n) is 16.3. The molecule has 2 heteroatoms. The van der Waals surface area contributed by atoms with Crippen molar-refractivity contribution in [2.75, 3.05) is 0 Å². The highest BCUT2D eigenvalue weighted by Crippen LogP contribution is 2.68. The number of fused-ring (bicyclic) bond motifs is 5. The Morgan fingerprint density at radius 2 is 1.68 bits per heavy atom. The van der Waals surface area contributed by atoms with Crippen LogP contribution in [0.1, 0.15) is 78.6 Å². The molecule has 25 heavy (non-hydrogen) atoms. The van der Waals surface area contributed by atoms with Crippen LogP contribution in [0.25, 0.3) is 0 Å². The first-order valence-corrected chi connectivity index (χ1v) is 10.6. The average molecular weight is 345 g/mol. The summed E-state index contributed by atoms with van der Waals surface area (Å²) >= 11 is 0. The number of aliphatic hydroxyl groups excluding tert-OH is 1. The summed E-state index contributed by atoms with van der Waals surface area (Å²) in [7, 11) is 0. The standard InChI is InChI=1S/C23H36O2/c1-5-23(25)13-12-21(3)16(14-23)6-7-17-19-9-8-18(15(2)24)22(19,4)11-10-20(17)21/h1,15-20,24-25H,6-14H2,2-4H3/t15-,16+,17+,18-,19+,20+,21+,22-,23+/m1/s1. The zero-order valence-corrected chi connectivity index (χ0v) is 16.3. The van der Waals surface area contributed by atoms with Crippen LogP contribution < -0.4 is 0 Å². The van der Waals surface area contributed by atoms with Crippen molar-refractivity contribution in [3.05, 3.63) is 0 Å². The number of terminal acetylenes is 1. The minimum atomic E-state index is -0.856. The summed E-state index contributed by atoms with van der Waals surface area (Å²) in [4.78, 5) is 0. The van der Waals surface area contributed by atoms with E-state index in [1.54, 1.807) is 0 Å². The molecule has 4 aliphatic carbocycles. The van der Waals surface area contributed by atoms with E-state index in [0.29, 0.717) is 22.7 Å². The summed E-state index contributed by atoms with van der Waals surface area (Å²) in [6.45, 7) is 6.99. The van der Waals surface area contributed by atoms with E-state index in [1.807, 2.05) is 6.92 Å². The highest BCUT2D eigenvalue weighted by Gasteiger charge is 2.61. The Bertz CT molecular complexity index is 577. The van der Waals surface area contributed by atoms with Gasteiger partial charge in [0.15, 0.2) is 0 Å². The largest absolute Gasteiger partial charge is 0.393 e. The SMILES string of the molecule is C#C[C@]1(O)CC[C@@]2(C)[C@@H](CC[C@@H]3[C@@H]2CC[C@]2(C)[C@@H]([C@@H](C)O)CC[C@@H]32)C1. The van der Waals surface area contributed by atoms with Crippen molar-refractivity contribution in [2.45, 2.75) is 90.3 Å². The van der Waals surface area contributed by atoms with Gasteiger partial charge in [-0.15, -0.1) is 6.42 Å². The van der Waals surface area contributed by atoms with Crippen LogP contribution in [-0.2, 0) is 0 Å². The van der Waals surface area contributed by atoms with E-state index in [4.69, 9.17) is 6.42 Å². The average Bonchev–Trinajstić information content (AvgIpc) is 2.93. The Balaban J connectivity index is 1.59. The lowest BCUT2D eigenvalue weighted by Crippen LogP contribution is -2.56. The van der Waals surface area contributed by atoms with Gasteiger partial charge in [0.2, 0.25) is 0 Å². The third-order valence-corrected chi connectivity index (χ3v) is 9.65. The monoisotopic (exact) mass is 344 g/mol. The Hall–Kier alpha value is -0.520. The highest BCUT2D eigenvalue weighted by atomic mass is 16.3. The Kier molecular flexibility index (Phi) is 4.10. The second-order valence-corrected chi connectivity index (χ2v) is 10.5. The van der Waals surface area contributed by atoms with Crippen LogP contribution in [0.15, 0.2) is 0 Å². The van der Waals surface area contributed by atoms with Crippen LogP contribution in [0.2, 0.25) is 0 Å². The van der Waals surface area contributed by atoms with Crippen molar-refractivity contribution in [1.82, 2.24) is 0 Å². The van der Waals surface area contributed by atoms with Crippen LogP contribution in [0.3, 0.4) is 0 Å². The van der Waals surface area contributed by atoms with E-state index in [0.717, 1.165) is 37.0 Å². The van der Waals surface area contributed by atoms with Crippen molar-refractivity contribution in [2.24, 2.45) is 40.4 Å². The molecular formula is C23H36O2. The van der Waals surface area contributed by atoms with Crippen molar-refractivity contribution in [3.63, 3.8) is 0 Å². The summed E-state index contributed by atoms with van der Waals surface area (Å²) in [6, 6.07) is 0. The molecule has 0 saturated heterocycles. The molecule has 0 amide bonds. The van der Waals surface area contributed by atoms with Gasteiger partial charge in [0.1, 0.15) is 5.60 Å². The summed E-state index contributed by atoms with van der Waals surface area (Å²) in [5.74, 6) is 6.16. The predicted octanol–water partition coefficient (Wildman–Crippen LogP) is 4.39. The molecule has 0 aromatic carbocycles. The highest BCUT2D eigenvalue weighted by molar-refractivity contribution is 5.16. The van der Waals surface area contributed by atoms with Gasteiger partial charge in [0.25, 0.3) is 0 Å². The minimum absolute atomic E-state index is 0.168. The van der Waals surface area contributed by atoms with Gasteiger partial charge >= 0.3 is 0 Å². The minimum Gasteiger partial charge on any atom is -0.393 e. The van der Waals surface area contributed by atoms with Gasteiger partial charge in [0.05, 0.1) is 6.10 Å². The first kappa shape index (κ1) is 17.9. The second-order valence-electron chi connectivity index (χ2n) is 10.5. The molecule has 0 spiro atoms. The first-order valence-electron chi connectivity index (χ1n) is 10.6. The molecule has 0 radical (unpaired) electrons. The third-order valence-electron chi connectivity index (χ3n) is 9.65. The van der Waals surface area contributed by atoms with Gasteiger partial charge in [-0.1, -0.05) is 19.8 Å². The number of rotatable bonds is 1. The Labute approximate surface area is 153 Å². The van der Waals surface area contributed by atoms with Gasteiger partial charge in [-0.3, -0.25) is 0 Å². The summed E-state index contributed by atoms with van der Waals surface area (Å²) in [5, 5.41) is 21.0. The fraction of sp³-hybridized carbons (Fsp3) is 0.913. The molecule has 2 N–H and O–H groups in total. The zero-order chi connectivity index (χ0) is 18.0. The maximum Gasteiger partial charge on any atom is 0.125 e. The summed E-state index contributed by atoms with van der Waals surface area (Å²) < 4.78 is 0. The predicted molar refractivity (Wildman–Crippen MR) is 101 cm³/mol. The molecule has 4 saturated carbocycles. The van der Waals surface area contributed by atoms with E-state index >= 15 is 0 Å². The molecule has 0 aromatic heterocycles. The van der Waals surface area contributed by atoms with Crippen molar-refractivity contribution >= 4 is 0 Å². The second kappa shape index (κ2) is 5.74. The lowest BCUT2D eigenvalue weighted by Gasteiger charge is -2.61. The van der Waals surface area contributed by atoms with Crippen LogP contribution in [0, 0.1) is 52.8 Å². The fourth-order valence-corrected chi connectivity index (χ4v) is 8.21. The first-order chi connectivity index (χ1) is 11.7. The van der Waals surface area contributed by atoms with Gasteiger partial charge in [-0.2, -0.15) is 0 Å². The van der Waals surface area contributed by atoms with Gasteiger partial charge in [-0.05, 0) is 105 Å². The number of hydrogen-bond donors (Lipinski definition) is 2. The smallest absolute Gasteiger partial charge is 0.125 e. The molecule has 4 aliphatic rings. The lowest BCUT2D eigenvalue weighted by molar-refractivity contribution is -0.142. The lowest BCUT2D eigenvalue weighted by atomic mass is 9.44. The van der Waals surface area contributed by atoms with E-state index in [-0.39, 0.29) is 6.10 Å². The van der Waals surface area contributed by atoms with Gasteiger partial charge in [-0.25, -0.2) is 0 Å². The van der Waals surface area contributed by atoms with Gasteiger partial charge < -0.3 is 10.2 Å². The normalized spacial score (nSPS) is 56.2. The van der Waals surface area contributed by atoms with E-state index in [9.17, 15) is 10.2 Å². The Morgan fingerprint density at radius 3 is 2.36 bits per heavy atom. The topological polar surface area (TPSA) is 40.5 Å². The molecule has 0 aromatic rings.